The van der Waals surface area contributed by atoms with Crippen molar-refractivity contribution < 1.29 is 86.9 Å². The molecule has 4 aliphatic rings. The summed E-state index contributed by atoms with van der Waals surface area (Å²) in [5.41, 5.74) is 26.4. The van der Waals surface area contributed by atoms with Crippen LogP contribution in [0.1, 0.15) is 152 Å². The van der Waals surface area contributed by atoms with Crippen molar-refractivity contribution in [3.05, 3.63) is 108 Å². The number of likely N-dealkylation sites (N-methyl/N-ethyl adjacent to an activating group) is 2. The number of phenolic OH excluding ortho intramolecular Hbond substituents is 1. The largest absolute Gasteiger partial charge is 0.508 e. The molecule has 4 aliphatic heterocycles. The van der Waals surface area contributed by atoms with Crippen LogP contribution >= 0.6 is 11.8 Å². The Morgan fingerprint density at radius 2 is 1.08 bits per heavy atom. The molecule has 3 aromatic carbocycles. The molecule has 0 radical (unpaired) electrons. The van der Waals surface area contributed by atoms with E-state index in [1.54, 1.807) is 74.8 Å². The molecule has 692 valence electrons. The summed E-state index contributed by atoms with van der Waals surface area (Å²) in [5.74, 6) is -16.3. The molecule has 128 heavy (non-hydrogen) atoms. The molecule has 42 nitrogen and oxygen atoms in total. The molecule has 14 atom stereocenters. The SMILES string of the molecule is CCCC[C@H]1C(=O)N(C)[C@@H](CCCC)C(=O)N[C@@H](CCCN)C(=O)N[C@H](C(=O)NCC(N)=O)CSCC(=O)N2[C@@H](C(=O)N[C@@H](CC(N)=O)C(=O)N3CCC[C@H]3C(=O)N[C@@H](CN)C(=O)N[C@@H](CC(C)C)C(=O)N3CCC[C@H]3C(=O)N[C@@H](Cc3c[nH]c4ccccc34)C(=O)N[C@@H](CO)C(=O)N[C@@H](Cc3c[nH]c4ccccc34)C(=O)N1C)n1nnnc1[C@@H]2Cc1ccc(O)cc1. The standard InChI is InChI=1S/C85H118N24O18S/c1-7-9-23-63-77(120)93-55(22-15-31-86)73(116)100-62(72(115)92-42-69(89)113)44-128-45-70(114)108-67(35-47-27-29-50(111)30-28-47)71-101-102-103-109(71)81(108)80(123)97-59(38-68(88)112)84(126)107-33-17-26-65(107)79(122)98-60(39-87)75(118)95-57(34-46(3)4)83(125)106-32-16-25-64(106)78(121)94-56(36-48-40-90-53-20-13-11-18-51(48)53)74(117)99-61(43-110)76(119)96-58(37-49-41-91-54-21-14-12-19-52(49)54)82(124)105(6)66(24-10-8-2)85(127)104(63)5/h11-14,18-21,27-30,40-41,46,55-67,81,90-91,110-111H,7-10,15-17,22-26,31-39,42-45,86-87H2,1-6H3,(H2,88,112)(H2,89,113)(H,92,115)(H,93,120)(H,94,121)(H,95,118)(H,96,119)(H,97,123)(H,98,122)(H,99,117)(H,100,116)/t55-,56-,57-,58-,59-,60-,61-,62-,63-,64-,65-,66-,67-,81+/m0/s1. The Kier molecular flexibility index (Phi) is 34.8. The van der Waals surface area contributed by atoms with Crippen LogP contribution in [0, 0.1) is 5.92 Å². The van der Waals surface area contributed by atoms with Crippen LogP contribution in [0.3, 0.4) is 0 Å². The van der Waals surface area contributed by atoms with E-state index in [1.807, 2.05) is 13.8 Å². The third-order valence-corrected chi connectivity index (χ3v) is 24.5. The van der Waals surface area contributed by atoms with E-state index in [4.69, 9.17) is 22.9 Å². The van der Waals surface area contributed by atoms with E-state index in [0.717, 1.165) is 31.1 Å². The van der Waals surface area contributed by atoms with E-state index in [-0.39, 0.29) is 114 Å². The Morgan fingerprint density at radius 1 is 0.555 bits per heavy atom. The van der Waals surface area contributed by atoms with E-state index in [9.17, 15) is 39.0 Å². The average molecular weight is 1800 g/mol. The molecule has 43 heteroatoms. The summed E-state index contributed by atoms with van der Waals surface area (Å²) in [4.78, 5) is 248. The fraction of sp³-hybridized carbons (Fsp3) is 0.541. The van der Waals surface area contributed by atoms with Crippen molar-refractivity contribution in [1.82, 2.24) is 103 Å². The Balaban J connectivity index is 1.02. The number of benzene rings is 3. The van der Waals surface area contributed by atoms with Crippen LogP contribution in [-0.2, 0) is 96.0 Å². The van der Waals surface area contributed by atoms with Crippen LogP contribution in [0.15, 0.2) is 85.2 Å². The van der Waals surface area contributed by atoms with Crippen LogP contribution in [-0.4, -0.2) is 297 Å². The van der Waals surface area contributed by atoms with E-state index in [2.05, 4.69) is 73.3 Å². The highest BCUT2D eigenvalue weighted by Gasteiger charge is 2.51. The lowest BCUT2D eigenvalue weighted by atomic mass is 10.00. The van der Waals surface area contributed by atoms with Crippen molar-refractivity contribution in [3.8, 4) is 5.75 Å². The number of H-pyrrole nitrogens is 2. The molecule has 3 aromatic heterocycles. The maximum Gasteiger partial charge on any atom is 0.266 e. The number of carbonyl (C=O) groups excluding carboxylic acids is 16. The number of nitrogens with two attached hydrogens (primary N) is 4. The summed E-state index contributed by atoms with van der Waals surface area (Å²) in [6.07, 6.45) is 2.20. The minimum Gasteiger partial charge on any atom is -0.508 e. The quantitative estimate of drug-likeness (QED) is 0.0293. The molecule has 21 N–H and O–H groups in total. The van der Waals surface area contributed by atoms with Crippen LogP contribution < -0.4 is 70.8 Å². The number of fused-ring (bicyclic) bond motifs is 7. The molecular formula is C85H118N24O18S. The number of rotatable bonds is 24. The number of phenols is 1. The molecule has 0 unspecified atom stereocenters. The Hall–Kier alpha value is -12.6. The van der Waals surface area contributed by atoms with Gasteiger partial charge in [-0.3, -0.25) is 76.7 Å². The van der Waals surface area contributed by atoms with Crippen molar-refractivity contribution >= 4 is 128 Å². The lowest BCUT2D eigenvalue weighted by Gasteiger charge is -2.36. The first-order valence-electron chi connectivity index (χ1n) is 43.3. The van der Waals surface area contributed by atoms with Crippen molar-refractivity contribution in [2.24, 2.45) is 28.9 Å². The van der Waals surface area contributed by atoms with E-state index < -0.39 is 217 Å². The van der Waals surface area contributed by atoms with Gasteiger partial charge < -0.3 is 115 Å². The van der Waals surface area contributed by atoms with Crippen molar-refractivity contribution in [3.63, 3.8) is 0 Å². The Labute approximate surface area is 742 Å². The number of unbranched alkanes of at least 4 members (excludes halogenated alkanes) is 2. The summed E-state index contributed by atoms with van der Waals surface area (Å²) in [5, 5.41) is 58.7. The number of aliphatic hydroxyl groups excluding tert-OH is 1. The predicted octanol–water partition coefficient (Wildman–Crippen LogP) is -2.69. The zero-order valence-corrected chi connectivity index (χ0v) is 73.4. The van der Waals surface area contributed by atoms with Gasteiger partial charge in [-0.15, -0.1) is 16.9 Å². The van der Waals surface area contributed by atoms with Crippen LogP contribution in [0.2, 0.25) is 0 Å². The second-order valence-electron chi connectivity index (χ2n) is 33.1. The average Bonchev–Trinajstić information content (AvgIpc) is 1.59. The van der Waals surface area contributed by atoms with Crippen molar-refractivity contribution in [1.29, 1.82) is 0 Å². The van der Waals surface area contributed by atoms with Gasteiger partial charge in [0, 0.05) is 92.9 Å². The molecular weight excluding hydrogens is 1680 g/mol. The number of amides is 16. The first kappa shape index (κ1) is 97.6. The second kappa shape index (κ2) is 45.7. The molecule has 0 aliphatic carbocycles. The van der Waals surface area contributed by atoms with Gasteiger partial charge >= 0.3 is 0 Å². The van der Waals surface area contributed by atoms with Gasteiger partial charge in [-0.05, 0) is 122 Å². The maximum absolute atomic E-state index is 15.7. The van der Waals surface area contributed by atoms with Crippen LogP contribution in [0.25, 0.3) is 21.8 Å². The third kappa shape index (κ3) is 24.4. The highest BCUT2D eigenvalue weighted by molar-refractivity contribution is 8.00. The molecule has 0 saturated carbocycles. The third-order valence-electron chi connectivity index (χ3n) is 23.5. The fourth-order valence-corrected chi connectivity index (χ4v) is 17.6. The van der Waals surface area contributed by atoms with Gasteiger partial charge in [-0.25, -0.2) is 0 Å². The summed E-state index contributed by atoms with van der Waals surface area (Å²) in [6, 6.07) is 0.681. The molecule has 3 fully saturated rings. The summed E-state index contributed by atoms with van der Waals surface area (Å²) < 4.78 is 1.01. The second-order valence-corrected chi connectivity index (χ2v) is 34.1. The topological polar surface area (TPSA) is 617 Å². The van der Waals surface area contributed by atoms with Gasteiger partial charge in [-0.2, -0.15) is 4.68 Å². The maximum atomic E-state index is 15.7. The van der Waals surface area contributed by atoms with E-state index >= 15 is 47.9 Å². The number of carbonyl (C=O) groups is 16. The number of para-hydroxylation sites is 2. The van der Waals surface area contributed by atoms with Gasteiger partial charge in [0.25, 0.3) is 5.91 Å². The first-order valence-corrected chi connectivity index (χ1v) is 44.4. The number of nitrogens with one attached hydrogen (secondary N) is 11. The number of aliphatic hydroxyl groups is 1. The van der Waals surface area contributed by atoms with Crippen LogP contribution in [0.5, 0.6) is 5.75 Å². The highest BCUT2D eigenvalue weighted by Crippen LogP contribution is 2.39. The Morgan fingerprint density at radius 3 is 1.66 bits per heavy atom. The zero-order chi connectivity index (χ0) is 92.7. The molecule has 0 bridgehead atoms. The van der Waals surface area contributed by atoms with Gasteiger partial charge in [0.15, 0.2) is 5.82 Å². The predicted molar refractivity (Wildman–Crippen MR) is 467 cm³/mol. The van der Waals surface area contributed by atoms with Gasteiger partial charge in [0.1, 0.15) is 84.3 Å². The van der Waals surface area contributed by atoms with Gasteiger partial charge in [0.05, 0.1) is 25.3 Å². The first-order chi connectivity index (χ1) is 61.3. The number of hydrogen-bond donors (Lipinski definition) is 17. The fourth-order valence-electron chi connectivity index (χ4n) is 16.7. The lowest BCUT2D eigenvalue weighted by molar-refractivity contribution is -0.149. The van der Waals surface area contributed by atoms with Gasteiger partial charge in [-0.1, -0.05) is 102 Å². The number of thioether (sulfide) groups is 1. The minimum atomic E-state index is -1.87. The molecule has 6 aromatic rings. The van der Waals surface area contributed by atoms with Crippen LogP contribution in [0.4, 0.5) is 0 Å². The molecule has 16 amide bonds. The van der Waals surface area contributed by atoms with E-state index in [0.29, 0.717) is 64.2 Å². The monoisotopic (exact) mass is 1790 g/mol. The number of tetrazole rings is 1. The molecule has 7 heterocycles. The number of aromatic nitrogens is 6. The summed E-state index contributed by atoms with van der Waals surface area (Å²) in [7, 11) is 2.74. The smallest absolute Gasteiger partial charge is 0.266 e. The van der Waals surface area contributed by atoms with Gasteiger partial charge in [0.2, 0.25) is 94.8 Å². The number of primary amides is 2. The minimum absolute atomic E-state index is 0.00110. The number of aromatic amines is 2. The molecule has 10 rings (SSSR count). The number of hydrogen-bond acceptors (Lipinski definition) is 24. The van der Waals surface area contributed by atoms with Crippen molar-refractivity contribution in [2.75, 3.05) is 64.9 Å². The zero-order valence-electron chi connectivity index (χ0n) is 72.6. The van der Waals surface area contributed by atoms with E-state index in [1.165, 1.54) is 48.2 Å². The number of nitrogens with zero attached hydrogens (tertiary/aromatic N) is 9. The Bertz CT molecular complexity index is 5000. The van der Waals surface area contributed by atoms with Crippen molar-refractivity contribution in [2.45, 2.75) is 222 Å². The highest BCUT2D eigenvalue weighted by atomic mass is 32.2. The summed E-state index contributed by atoms with van der Waals surface area (Å²) in [6.45, 7) is 4.80. The normalized spacial score (nSPS) is 25.0. The number of aromatic hydroxyl groups is 1. The lowest BCUT2D eigenvalue weighted by Crippen LogP contribution is -2.62. The molecule has 0 spiro atoms. The summed E-state index contributed by atoms with van der Waals surface area (Å²) >= 11 is 0.758. The molecule has 3 saturated heterocycles.